The first kappa shape index (κ1) is 12.1. The van der Waals surface area contributed by atoms with Crippen LogP contribution in [-0.4, -0.2) is 10.9 Å². The maximum Gasteiger partial charge on any atom is 0.260 e. The van der Waals surface area contributed by atoms with Crippen LogP contribution in [0.5, 0.6) is 0 Å². The summed E-state index contributed by atoms with van der Waals surface area (Å²) >= 11 is 0. The van der Waals surface area contributed by atoms with Crippen molar-refractivity contribution in [2.24, 2.45) is 0 Å². The Morgan fingerprint density at radius 1 is 1.17 bits per heavy atom. The van der Waals surface area contributed by atoms with Crippen molar-refractivity contribution in [3.05, 3.63) is 59.7 Å². The van der Waals surface area contributed by atoms with Crippen molar-refractivity contribution < 1.29 is 18.0 Å². The van der Waals surface area contributed by atoms with Crippen LogP contribution in [-0.2, 0) is 0 Å². The highest BCUT2D eigenvalue weighted by Crippen LogP contribution is 2.16. The molecular formula is C12H7F3N2O. The van der Waals surface area contributed by atoms with Gasteiger partial charge in [0.05, 0.1) is 11.3 Å². The number of halogens is 3. The number of hydrogen-bond donors (Lipinski definition) is 1. The lowest BCUT2D eigenvalue weighted by molar-refractivity contribution is 0.102. The first-order valence-electron chi connectivity index (χ1n) is 4.95. The third-order valence-electron chi connectivity index (χ3n) is 2.18. The number of carbonyl (C=O) groups is 1. The van der Waals surface area contributed by atoms with Crippen molar-refractivity contribution in [1.82, 2.24) is 4.98 Å². The SMILES string of the molecule is O=C(Nc1ccc(F)cc1F)c1cccnc1F. The van der Waals surface area contributed by atoms with Gasteiger partial charge in [-0.2, -0.15) is 4.39 Å². The molecule has 1 heterocycles. The zero-order chi connectivity index (χ0) is 13.1. The molecule has 3 nitrogen and oxygen atoms in total. The molecule has 0 saturated heterocycles. The maximum absolute atomic E-state index is 13.3. The molecule has 0 saturated carbocycles. The van der Waals surface area contributed by atoms with Crippen LogP contribution in [0.25, 0.3) is 0 Å². The van der Waals surface area contributed by atoms with Crippen LogP contribution in [0.2, 0.25) is 0 Å². The number of nitrogens with zero attached hydrogens (tertiary/aromatic N) is 1. The standard InChI is InChI=1S/C12H7F3N2O/c13-7-3-4-10(9(14)6-7)17-12(18)8-2-1-5-16-11(8)15/h1-6H,(H,17,18). The Balaban J connectivity index is 2.24. The van der Waals surface area contributed by atoms with Crippen molar-refractivity contribution >= 4 is 11.6 Å². The second kappa shape index (κ2) is 4.87. The zero-order valence-corrected chi connectivity index (χ0v) is 8.95. The molecule has 0 aliphatic carbocycles. The Morgan fingerprint density at radius 2 is 1.94 bits per heavy atom. The summed E-state index contributed by atoms with van der Waals surface area (Å²) in [5, 5.41) is 2.13. The zero-order valence-electron chi connectivity index (χ0n) is 8.95. The van der Waals surface area contributed by atoms with Crippen LogP contribution in [0.15, 0.2) is 36.5 Å². The van der Waals surface area contributed by atoms with Gasteiger partial charge >= 0.3 is 0 Å². The molecule has 1 amide bonds. The van der Waals surface area contributed by atoms with E-state index in [0.29, 0.717) is 6.07 Å². The summed E-state index contributed by atoms with van der Waals surface area (Å²) in [5.74, 6) is -3.52. The number of amides is 1. The number of anilines is 1. The number of nitrogens with one attached hydrogen (secondary N) is 1. The average Bonchev–Trinajstić information content (AvgIpc) is 2.33. The predicted octanol–water partition coefficient (Wildman–Crippen LogP) is 2.75. The fourth-order valence-corrected chi connectivity index (χ4v) is 1.34. The summed E-state index contributed by atoms with van der Waals surface area (Å²) in [6.45, 7) is 0. The largest absolute Gasteiger partial charge is 0.319 e. The molecule has 0 spiro atoms. The summed E-state index contributed by atoms with van der Waals surface area (Å²) in [5.41, 5.74) is -0.550. The van der Waals surface area contributed by atoms with E-state index in [9.17, 15) is 18.0 Å². The fraction of sp³-hybridized carbons (Fsp3) is 0. The minimum Gasteiger partial charge on any atom is -0.319 e. The molecule has 0 bridgehead atoms. The fourth-order valence-electron chi connectivity index (χ4n) is 1.34. The first-order chi connectivity index (χ1) is 8.58. The summed E-state index contributed by atoms with van der Waals surface area (Å²) in [7, 11) is 0. The van der Waals surface area contributed by atoms with Crippen LogP contribution in [0.3, 0.4) is 0 Å². The molecule has 2 aromatic rings. The van der Waals surface area contributed by atoms with E-state index in [2.05, 4.69) is 10.3 Å². The Morgan fingerprint density at radius 3 is 2.61 bits per heavy atom. The smallest absolute Gasteiger partial charge is 0.260 e. The maximum atomic E-state index is 13.3. The lowest BCUT2D eigenvalue weighted by Crippen LogP contribution is -2.15. The highest BCUT2D eigenvalue weighted by atomic mass is 19.1. The monoisotopic (exact) mass is 252 g/mol. The van der Waals surface area contributed by atoms with Gasteiger partial charge in [0.25, 0.3) is 5.91 Å². The second-order valence-corrected chi connectivity index (χ2v) is 3.42. The van der Waals surface area contributed by atoms with E-state index in [1.54, 1.807) is 0 Å². The molecule has 92 valence electrons. The van der Waals surface area contributed by atoms with E-state index in [1.165, 1.54) is 18.3 Å². The Hall–Kier alpha value is -2.37. The molecule has 6 heteroatoms. The van der Waals surface area contributed by atoms with Gasteiger partial charge in [-0.3, -0.25) is 4.79 Å². The van der Waals surface area contributed by atoms with E-state index < -0.39 is 23.5 Å². The van der Waals surface area contributed by atoms with E-state index in [4.69, 9.17) is 0 Å². The van der Waals surface area contributed by atoms with E-state index in [-0.39, 0.29) is 11.3 Å². The van der Waals surface area contributed by atoms with Crippen LogP contribution in [0.4, 0.5) is 18.9 Å². The van der Waals surface area contributed by atoms with Gasteiger partial charge in [0.15, 0.2) is 0 Å². The Bertz CT molecular complexity index is 602. The molecule has 1 N–H and O–H groups in total. The molecule has 2 rings (SSSR count). The van der Waals surface area contributed by atoms with Gasteiger partial charge in [0, 0.05) is 12.3 Å². The van der Waals surface area contributed by atoms with Crippen molar-refractivity contribution in [1.29, 1.82) is 0 Å². The normalized spacial score (nSPS) is 10.2. The van der Waals surface area contributed by atoms with Crippen molar-refractivity contribution in [3.63, 3.8) is 0 Å². The molecule has 0 aliphatic heterocycles. The minimum absolute atomic E-state index is 0.232. The lowest BCUT2D eigenvalue weighted by atomic mass is 10.2. The second-order valence-electron chi connectivity index (χ2n) is 3.42. The van der Waals surface area contributed by atoms with Gasteiger partial charge in [-0.1, -0.05) is 0 Å². The average molecular weight is 252 g/mol. The van der Waals surface area contributed by atoms with Crippen molar-refractivity contribution in [2.75, 3.05) is 5.32 Å². The predicted molar refractivity (Wildman–Crippen MR) is 58.5 cm³/mol. The van der Waals surface area contributed by atoms with Gasteiger partial charge in [-0.25, -0.2) is 13.8 Å². The molecule has 0 fully saturated rings. The lowest BCUT2D eigenvalue weighted by Gasteiger charge is -2.06. The molecule has 0 aliphatic rings. The molecule has 0 atom stereocenters. The number of benzene rings is 1. The minimum atomic E-state index is -0.961. The highest BCUT2D eigenvalue weighted by Gasteiger charge is 2.14. The number of pyridine rings is 1. The quantitative estimate of drug-likeness (QED) is 0.835. The van der Waals surface area contributed by atoms with Crippen LogP contribution >= 0.6 is 0 Å². The Kier molecular flexibility index (Phi) is 3.27. The first-order valence-corrected chi connectivity index (χ1v) is 4.95. The van der Waals surface area contributed by atoms with Crippen LogP contribution < -0.4 is 5.32 Å². The molecule has 0 unspecified atom stereocenters. The summed E-state index contributed by atoms with van der Waals surface area (Å²) < 4.78 is 39.1. The van der Waals surface area contributed by atoms with Crippen molar-refractivity contribution in [2.45, 2.75) is 0 Å². The summed E-state index contributed by atoms with van der Waals surface area (Å²) in [6, 6.07) is 5.24. The third-order valence-corrected chi connectivity index (χ3v) is 2.18. The van der Waals surface area contributed by atoms with Gasteiger partial charge in [-0.05, 0) is 24.3 Å². The third kappa shape index (κ3) is 2.48. The molecule has 1 aromatic heterocycles. The molecule has 18 heavy (non-hydrogen) atoms. The molecular weight excluding hydrogens is 245 g/mol. The molecule has 1 aromatic carbocycles. The van der Waals surface area contributed by atoms with Gasteiger partial charge < -0.3 is 5.32 Å². The van der Waals surface area contributed by atoms with E-state index in [1.807, 2.05) is 0 Å². The summed E-state index contributed by atoms with van der Waals surface area (Å²) in [4.78, 5) is 14.9. The van der Waals surface area contributed by atoms with Crippen molar-refractivity contribution in [3.8, 4) is 0 Å². The van der Waals surface area contributed by atoms with E-state index in [0.717, 1.165) is 12.1 Å². The van der Waals surface area contributed by atoms with Gasteiger partial charge in [0.2, 0.25) is 5.95 Å². The van der Waals surface area contributed by atoms with Crippen LogP contribution in [0, 0.1) is 17.6 Å². The van der Waals surface area contributed by atoms with Gasteiger partial charge in [-0.15, -0.1) is 0 Å². The topological polar surface area (TPSA) is 42.0 Å². The Labute approximate surface area is 100 Å². The number of rotatable bonds is 2. The number of hydrogen-bond acceptors (Lipinski definition) is 2. The number of aromatic nitrogens is 1. The van der Waals surface area contributed by atoms with E-state index >= 15 is 0 Å². The molecule has 0 radical (unpaired) electrons. The highest BCUT2D eigenvalue weighted by molar-refractivity contribution is 6.04. The number of carbonyl (C=O) groups excluding carboxylic acids is 1. The summed E-state index contributed by atoms with van der Waals surface area (Å²) in [6.07, 6.45) is 1.19. The van der Waals surface area contributed by atoms with Crippen LogP contribution in [0.1, 0.15) is 10.4 Å². The van der Waals surface area contributed by atoms with Gasteiger partial charge in [0.1, 0.15) is 11.6 Å².